The minimum Gasteiger partial charge on any atom is -0.303 e. The quantitative estimate of drug-likeness (QED) is 0.743. The molecule has 5 heteroatoms. The van der Waals surface area contributed by atoms with Gasteiger partial charge in [0.1, 0.15) is 6.29 Å². The van der Waals surface area contributed by atoms with Gasteiger partial charge in [0.15, 0.2) is 9.84 Å². The molecule has 0 fully saturated rings. The second-order valence-electron chi connectivity index (χ2n) is 2.73. The number of halogens is 1. The summed E-state index contributed by atoms with van der Waals surface area (Å²) in [5, 5.41) is 0.372. The van der Waals surface area contributed by atoms with Gasteiger partial charge in [-0.1, -0.05) is 17.7 Å². The third-order valence-electron chi connectivity index (χ3n) is 1.66. The smallest absolute Gasteiger partial charge is 0.178 e. The molecule has 0 bridgehead atoms. The zero-order chi connectivity index (χ0) is 10.6. The second kappa shape index (κ2) is 4.57. The fourth-order valence-corrected chi connectivity index (χ4v) is 2.47. The van der Waals surface area contributed by atoms with Gasteiger partial charge in [0, 0.05) is 11.4 Å². The normalized spacial score (nSPS) is 11.2. The molecule has 0 atom stereocenters. The van der Waals surface area contributed by atoms with E-state index in [1.54, 1.807) is 12.1 Å². The molecule has 0 heterocycles. The Bertz CT molecular complexity index is 425. The SMILES string of the molecule is O=CCCS(=O)(=O)c1cccc(Cl)c1. The molecule has 0 aromatic heterocycles. The lowest BCUT2D eigenvalue weighted by atomic mass is 10.4. The molecule has 0 aliphatic heterocycles. The van der Waals surface area contributed by atoms with E-state index in [0.29, 0.717) is 11.3 Å². The van der Waals surface area contributed by atoms with Gasteiger partial charge in [0.05, 0.1) is 10.6 Å². The van der Waals surface area contributed by atoms with Crippen LogP contribution >= 0.6 is 11.6 Å². The van der Waals surface area contributed by atoms with Crippen LogP contribution in [0.15, 0.2) is 29.2 Å². The van der Waals surface area contributed by atoms with Crippen LogP contribution in [0.5, 0.6) is 0 Å². The van der Waals surface area contributed by atoms with E-state index in [-0.39, 0.29) is 17.1 Å². The number of hydrogen-bond acceptors (Lipinski definition) is 3. The Hall–Kier alpha value is -0.870. The van der Waals surface area contributed by atoms with Crippen LogP contribution in [0.1, 0.15) is 6.42 Å². The number of sulfone groups is 1. The van der Waals surface area contributed by atoms with Gasteiger partial charge in [-0.05, 0) is 18.2 Å². The van der Waals surface area contributed by atoms with Crippen LogP contribution in [-0.2, 0) is 14.6 Å². The first kappa shape index (κ1) is 11.2. The Balaban J connectivity index is 2.98. The van der Waals surface area contributed by atoms with Gasteiger partial charge in [-0.2, -0.15) is 0 Å². The van der Waals surface area contributed by atoms with Gasteiger partial charge >= 0.3 is 0 Å². The maximum absolute atomic E-state index is 11.5. The Morgan fingerprint density at radius 2 is 2.07 bits per heavy atom. The fraction of sp³-hybridized carbons (Fsp3) is 0.222. The van der Waals surface area contributed by atoms with Crippen molar-refractivity contribution in [2.45, 2.75) is 11.3 Å². The molecule has 1 aromatic rings. The molecule has 1 rings (SSSR count). The molecule has 0 radical (unpaired) electrons. The average molecular weight is 233 g/mol. The molecule has 0 saturated heterocycles. The van der Waals surface area contributed by atoms with E-state index < -0.39 is 9.84 Å². The number of rotatable bonds is 4. The highest BCUT2D eigenvalue weighted by Crippen LogP contribution is 2.16. The molecule has 0 spiro atoms. The van der Waals surface area contributed by atoms with Gasteiger partial charge in [-0.25, -0.2) is 8.42 Å². The third-order valence-corrected chi connectivity index (χ3v) is 3.64. The minimum atomic E-state index is -3.36. The summed E-state index contributed by atoms with van der Waals surface area (Å²) >= 11 is 5.65. The Morgan fingerprint density at radius 1 is 1.36 bits per heavy atom. The van der Waals surface area contributed by atoms with Crippen molar-refractivity contribution in [1.29, 1.82) is 0 Å². The van der Waals surface area contributed by atoms with E-state index in [0.717, 1.165) is 0 Å². The van der Waals surface area contributed by atoms with Gasteiger partial charge in [-0.3, -0.25) is 0 Å². The lowest BCUT2D eigenvalue weighted by Gasteiger charge is -2.01. The summed E-state index contributed by atoms with van der Waals surface area (Å²) in [6.07, 6.45) is 0.594. The van der Waals surface area contributed by atoms with Crippen LogP contribution in [0.3, 0.4) is 0 Å². The maximum Gasteiger partial charge on any atom is 0.178 e. The Kier molecular flexibility index (Phi) is 3.66. The zero-order valence-corrected chi connectivity index (χ0v) is 8.88. The summed E-state index contributed by atoms with van der Waals surface area (Å²) in [7, 11) is -3.36. The predicted molar refractivity (Wildman–Crippen MR) is 54.2 cm³/mol. The summed E-state index contributed by atoms with van der Waals surface area (Å²) in [4.78, 5) is 10.2. The van der Waals surface area contributed by atoms with Crippen molar-refractivity contribution in [2.75, 3.05) is 5.75 Å². The number of aldehydes is 1. The summed E-state index contributed by atoms with van der Waals surface area (Å²) in [6.45, 7) is 0. The zero-order valence-electron chi connectivity index (χ0n) is 7.31. The summed E-state index contributed by atoms with van der Waals surface area (Å²) in [5.74, 6) is -0.170. The molecule has 0 aliphatic rings. The molecule has 76 valence electrons. The third kappa shape index (κ3) is 2.82. The molecular formula is C9H9ClO3S. The van der Waals surface area contributed by atoms with E-state index in [1.165, 1.54) is 12.1 Å². The van der Waals surface area contributed by atoms with Crippen molar-refractivity contribution in [3.63, 3.8) is 0 Å². The number of benzene rings is 1. The van der Waals surface area contributed by atoms with Gasteiger partial charge in [0.2, 0.25) is 0 Å². The average Bonchev–Trinajstić information content (AvgIpc) is 2.15. The summed E-state index contributed by atoms with van der Waals surface area (Å²) in [5.41, 5.74) is 0. The van der Waals surface area contributed by atoms with E-state index in [1.807, 2.05) is 0 Å². The first-order valence-corrected chi connectivity index (χ1v) is 6.01. The molecular weight excluding hydrogens is 224 g/mol. The highest BCUT2D eigenvalue weighted by atomic mass is 35.5. The number of hydrogen-bond donors (Lipinski definition) is 0. The van der Waals surface area contributed by atoms with E-state index in [9.17, 15) is 13.2 Å². The van der Waals surface area contributed by atoms with Crippen molar-refractivity contribution in [3.05, 3.63) is 29.3 Å². The highest BCUT2D eigenvalue weighted by molar-refractivity contribution is 7.91. The van der Waals surface area contributed by atoms with Crippen molar-refractivity contribution in [2.24, 2.45) is 0 Å². The van der Waals surface area contributed by atoms with E-state index >= 15 is 0 Å². The monoisotopic (exact) mass is 232 g/mol. The Labute approximate surface area is 87.6 Å². The predicted octanol–water partition coefficient (Wildman–Crippen LogP) is 1.70. The van der Waals surface area contributed by atoms with Gasteiger partial charge in [-0.15, -0.1) is 0 Å². The number of carbonyl (C=O) groups is 1. The summed E-state index contributed by atoms with van der Waals surface area (Å²) in [6, 6.07) is 6.00. The molecule has 0 amide bonds. The van der Waals surface area contributed by atoms with Crippen molar-refractivity contribution >= 4 is 27.7 Å². The lowest BCUT2D eigenvalue weighted by Crippen LogP contribution is -2.06. The largest absolute Gasteiger partial charge is 0.303 e. The first-order chi connectivity index (χ1) is 6.56. The van der Waals surface area contributed by atoms with Gasteiger partial charge < -0.3 is 4.79 Å². The standard InChI is InChI=1S/C9H9ClO3S/c10-8-3-1-4-9(7-8)14(12,13)6-2-5-11/h1,3-5,7H,2,6H2. The van der Waals surface area contributed by atoms with Crippen molar-refractivity contribution in [3.8, 4) is 0 Å². The van der Waals surface area contributed by atoms with E-state index in [4.69, 9.17) is 11.6 Å². The van der Waals surface area contributed by atoms with Crippen LogP contribution in [-0.4, -0.2) is 20.5 Å². The van der Waals surface area contributed by atoms with E-state index in [2.05, 4.69) is 0 Å². The second-order valence-corrected chi connectivity index (χ2v) is 5.28. The molecule has 3 nitrogen and oxygen atoms in total. The van der Waals surface area contributed by atoms with Gasteiger partial charge in [0.25, 0.3) is 0 Å². The minimum absolute atomic E-state index is 0.00878. The fourth-order valence-electron chi connectivity index (χ4n) is 0.982. The van der Waals surface area contributed by atoms with Crippen molar-refractivity contribution < 1.29 is 13.2 Å². The van der Waals surface area contributed by atoms with Crippen LogP contribution in [0, 0.1) is 0 Å². The molecule has 14 heavy (non-hydrogen) atoms. The number of carbonyl (C=O) groups excluding carboxylic acids is 1. The van der Waals surface area contributed by atoms with Crippen LogP contribution in [0.2, 0.25) is 5.02 Å². The Morgan fingerprint density at radius 3 is 2.64 bits per heavy atom. The summed E-state index contributed by atoms with van der Waals surface area (Å²) < 4.78 is 23.1. The molecule has 1 aromatic carbocycles. The molecule has 0 unspecified atom stereocenters. The highest BCUT2D eigenvalue weighted by Gasteiger charge is 2.13. The lowest BCUT2D eigenvalue weighted by molar-refractivity contribution is -0.107. The maximum atomic E-state index is 11.5. The van der Waals surface area contributed by atoms with Crippen molar-refractivity contribution in [1.82, 2.24) is 0 Å². The van der Waals surface area contributed by atoms with Crippen LogP contribution in [0.25, 0.3) is 0 Å². The van der Waals surface area contributed by atoms with Crippen LogP contribution in [0.4, 0.5) is 0 Å². The molecule has 0 aliphatic carbocycles. The molecule has 0 N–H and O–H groups in total. The molecule has 0 saturated carbocycles. The topological polar surface area (TPSA) is 51.2 Å². The van der Waals surface area contributed by atoms with Crippen LogP contribution < -0.4 is 0 Å². The first-order valence-electron chi connectivity index (χ1n) is 3.98.